The Labute approximate surface area is 91.9 Å². The fourth-order valence-electron chi connectivity index (χ4n) is 1.73. The highest BCUT2D eigenvalue weighted by atomic mass is 79.9. The zero-order valence-corrected chi connectivity index (χ0v) is 11.5. The molecule has 78 valence electrons. The second-order valence-corrected chi connectivity index (χ2v) is 7.53. The van der Waals surface area contributed by atoms with Gasteiger partial charge in [0.05, 0.1) is 0 Å². The fourth-order valence-corrected chi connectivity index (χ4v) is 2.49. The van der Waals surface area contributed by atoms with Crippen LogP contribution in [0, 0.1) is 10.8 Å². The Balaban J connectivity index is 5.07. The van der Waals surface area contributed by atoms with Crippen molar-refractivity contribution in [1.82, 2.24) is 0 Å². The Morgan fingerprint density at radius 2 is 1.46 bits per heavy atom. The van der Waals surface area contributed by atoms with Crippen LogP contribution in [0.2, 0.25) is 0 Å². The molecule has 0 aliphatic carbocycles. The molecule has 0 aromatic heterocycles. The maximum atomic E-state index is 3.85. The summed E-state index contributed by atoms with van der Waals surface area (Å²) in [7, 11) is 0. The zero-order valence-electron chi connectivity index (χ0n) is 9.87. The highest BCUT2D eigenvalue weighted by molar-refractivity contribution is 9.10. The highest BCUT2D eigenvalue weighted by Gasteiger charge is 2.46. The normalized spacial score (nSPS) is 18.1. The van der Waals surface area contributed by atoms with Crippen LogP contribution in [0.25, 0.3) is 0 Å². The van der Waals surface area contributed by atoms with Crippen LogP contribution in [0.5, 0.6) is 0 Å². The molecule has 0 aliphatic heterocycles. The van der Waals surface area contributed by atoms with Crippen LogP contribution in [-0.4, -0.2) is 4.32 Å². The molecule has 0 aromatic rings. The van der Waals surface area contributed by atoms with Gasteiger partial charge in [-0.2, -0.15) is 0 Å². The molecule has 0 rings (SSSR count). The van der Waals surface area contributed by atoms with Crippen molar-refractivity contribution in [3.8, 4) is 0 Å². The lowest BCUT2D eigenvalue weighted by atomic mass is 9.60. The molecule has 0 bridgehead atoms. The molecule has 13 heavy (non-hydrogen) atoms. The Kier molecular flexibility index (Phi) is 3.83. The van der Waals surface area contributed by atoms with Crippen molar-refractivity contribution in [1.29, 1.82) is 0 Å². The summed E-state index contributed by atoms with van der Waals surface area (Å²) in [6.45, 7) is 17.5. The van der Waals surface area contributed by atoms with Crippen LogP contribution in [-0.2, 0) is 0 Å². The molecule has 0 aliphatic rings. The fraction of sp³-hybridized carbons (Fsp3) is 0.833. The number of rotatable bonds is 3. The summed E-state index contributed by atoms with van der Waals surface area (Å²) in [6.07, 6.45) is 3.06. The third kappa shape index (κ3) is 2.59. The molecule has 0 N–H and O–H groups in total. The lowest BCUT2D eigenvalue weighted by molar-refractivity contribution is 0.0774. The zero-order chi connectivity index (χ0) is 10.9. The van der Waals surface area contributed by atoms with E-state index in [4.69, 9.17) is 0 Å². The van der Waals surface area contributed by atoms with Gasteiger partial charge in [0.15, 0.2) is 0 Å². The summed E-state index contributed by atoms with van der Waals surface area (Å²) in [5.41, 5.74) is 0.496. The average Bonchev–Trinajstić information content (AvgIpc) is 1.82. The van der Waals surface area contributed by atoms with Gasteiger partial charge in [-0.3, -0.25) is 0 Å². The van der Waals surface area contributed by atoms with Gasteiger partial charge in [0.25, 0.3) is 0 Å². The first-order valence-corrected chi connectivity index (χ1v) is 5.65. The minimum atomic E-state index is 0.131. The Hall–Kier alpha value is 0.220. The first-order chi connectivity index (χ1) is 5.56. The number of alkyl halides is 1. The van der Waals surface area contributed by atoms with Crippen molar-refractivity contribution in [3.05, 3.63) is 12.7 Å². The number of allylic oxidation sites excluding steroid dienone is 1. The molecule has 0 saturated heterocycles. The Morgan fingerprint density at radius 1 is 1.08 bits per heavy atom. The van der Waals surface area contributed by atoms with Gasteiger partial charge in [0.2, 0.25) is 0 Å². The molecular weight excluding hydrogens is 224 g/mol. The van der Waals surface area contributed by atoms with Crippen molar-refractivity contribution in [2.24, 2.45) is 10.8 Å². The van der Waals surface area contributed by atoms with E-state index < -0.39 is 0 Å². The van der Waals surface area contributed by atoms with E-state index in [1.807, 2.05) is 6.08 Å². The van der Waals surface area contributed by atoms with Crippen LogP contribution in [0.1, 0.15) is 48.0 Å². The van der Waals surface area contributed by atoms with Gasteiger partial charge in [0, 0.05) is 4.32 Å². The van der Waals surface area contributed by atoms with Crippen LogP contribution in [0.3, 0.4) is 0 Å². The lowest BCUT2D eigenvalue weighted by Crippen LogP contribution is -2.46. The van der Waals surface area contributed by atoms with E-state index >= 15 is 0 Å². The summed E-state index contributed by atoms with van der Waals surface area (Å²) < 4.78 is 0.131. The average molecular weight is 247 g/mol. The van der Waals surface area contributed by atoms with Crippen LogP contribution in [0.15, 0.2) is 12.7 Å². The van der Waals surface area contributed by atoms with Crippen molar-refractivity contribution in [3.63, 3.8) is 0 Å². The number of hydrogen-bond acceptors (Lipinski definition) is 0. The van der Waals surface area contributed by atoms with Crippen LogP contribution >= 0.6 is 15.9 Å². The summed E-state index contributed by atoms with van der Waals surface area (Å²) in [6, 6.07) is 0. The highest BCUT2D eigenvalue weighted by Crippen LogP contribution is 2.53. The summed E-state index contributed by atoms with van der Waals surface area (Å²) >= 11 is 3.79. The SMILES string of the molecule is C=CCC(C)(C(C)(C)C)C(C)(C)Br. The van der Waals surface area contributed by atoms with Crippen LogP contribution < -0.4 is 0 Å². The molecule has 0 nitrogen and oxygen atoms in total. The number of halogens is 1. The van der Waals surface area contributed by atoms with Crippen molar-refractivity contribution < 1.29 is 0 Å². The first-order valence-electron chi connectivity index (χ1n) is 4.86. The predicted molar refractivity (Wildman–Crippen MR) is 65.4 cm³/mol. The van der Waals surface area contributed by atoms with Crippen molar-refractivity contribution in [2.75, 3.05) is 0 Å². The standard InChI is InChI=1S/C12H23Br/c1-8-9-12(7,10(2,3)4)11(5,6)13/h8H,1,9H2,2-7H3. The summed E-state index contributed by atoms with van der Waals surface area (Å²) in [4.78, 5) is 0. The first kappa shape index (κ1) is 13.2. The molecule has 0 amide bonds. The summed E-state index contributed by atoms with van der Waals surface area (Å²) in [5, 5.41) is 0. The van der Waals surface area contributed by atoms with Gasteiger partial charge in [-0.15, -0.1) is 6.58 Å². The van der Waals surface area contributed by atoms with E-state index in [1.165, 1.54) is 0 Å². The van der Waals surface area contributed by atoms with E-state index in [9.17, 15) is 0 Å². The van der Waals surface area contributed by atoms with E-state index in [0.717, 1.165) is 6.42 Å². The van der Waals surface area contributed by atoms with Crippen LogP contribution in [0.4, 0.5) is 0 Å². The minimum absolute atomic E-state index is 0.131. The molecule has 0 heterocycles. The minimum Gasteiger partial charge on any atom is -0.103 e. The molecular formula is C12H23Br. The van der Waals surface area contributed by atoms with E-state index in [1.54, 1.807) is 0 Å². The maximum absolute atomic E-state index is 3.85. The van der Waals surface area contributed by atoms with E-state index in [0.29, 0.717) is 0 Å². The molecule has 0 aromatic carbocycles. The molecule has 1 heteroatoms. The summed E-state index contributed by atoms with van der Waals surface area (Å²) in [5.74, 6) is 0. The Morgan fingerprint density at radius 3 is 1.54 bits per heavy atom. The second-order valence-electron chi connectivity index (χ2n) is 5.55. The molecule has 0 spiro atoms. The van der Waals surface area contributed by atoms with Gasteiger partial charge in [-0.05, 0) is 31.1 Å². The predicted octanol–water partition coefficient (Wildman–Crippen LogP) is 4.79. The van der Waals surface area contributed by atoms with E-state index in [-0.39, 0.29) is 15.2 Å². The van der Waals surface area contributed by atoms with Gasteiger partial charge >= 0.3 is 0 Å². The molecule has 0 saturated carbocycles. The second kappa shape index (κ2) is 3.76. The third-order valence-corrected chi connectivity index (χ3v) is 4.40. The molecule has 0 fully saturated rings. The topological polar surface area (TPSA) is 0 Å². The molecule has 0 radical (unpaired) electrons. The van der Waals surface area contributed by atoms with Crippen molar-refractivity contribution >= 4 is 15.9 Å². The van der Waals surface area contributed by atoms with Gasteiger partial charge in [0.1, 0.15) is 0 Å². The molecule has 1 unspecified atom stereocenters. The maximum Gasteiger partial charge on any atom is 0.0263 e. The van der Waals surface area contributed by atoms with Gasteiger partial charge in [-0.25, -0.2) is 0 Å². The van der Waals surface area contributed by atoms with Crippen molar-refractivity contribution in [2.45, 2.75) is 52.3 Å². The monoisotopic (exact) mass is 246 g/mol. The number of hydrogen-bond donors (Lipinski definition) is 0. The van der Waals surface area contributed by atoms with Gasteiger partial charge < -0.3 is 0 Å². The van der Waals surface area contributed by atoms with Gasteiger partial charge in [-0.1, -0.05) is 49.7 Å². The smallest absolute Gasteiger partial charge is 0.0263 e. The molecule has 1 atom stereocenters. The lowest BCUT2D eigenvalue weighted by Gasteiger charge is -2.50. The largest absolute Gasteiger partial charge is 0.103 e. The van der Waals surface area contributed by atoms with E-state index in [2.05, 4.69) is 64.1 Å². The Bertz CT molecular complexity index is 164. The third-order valence-electron chi connectivity index (χ3n) is 3.52. The quantitative estimate of drug-likeness (QED) is 0.497.